The van der Waals surface area contributed by atoms with Crippen molar-refractivity contribution in [3.05, 3.63) is 72.2 Å². The Hall–Kier alpha value is -5.54. The van der Waals surface area contributed by atoms with Crippen molar-refractivity contribution in [1.82, 2.24) is 34.5 Å². The fourth-order valence-corrected chi connectivity index (χ4v) is 5.07. The second kappa shape index (κ2) is 13.3. The average Bonchev–Trinajstić information content (AvgIpc) is 3.66. The smallest absolute Gasteiger partial charge is 0.416 e. The van der Waals surface area contributed by atoms with Crippen LogP contribution in [0.3, 0.4) is 0 Å². The van der Waals surface area contributed by atoms with Gasteiger partial charge in [-0.1, -0.05) is 18.2 Å². The SMILES string of the molecule is CN(C/C=C/C(=O)N1CC[C@@H](n2nc(-c3ccc(C(=O)Nc4cc(C(F)(F)F)ccn4)cc3)c3c(N)ncnc32)C1)C(=O)OC(C)(C)C. The van der Waals surface area contributed by atoms with E-state index in [0.29, 0.717) is 41.8 Å². The predicted octanol–water partition coefficient (Wildman–Crippen LogP) is 4.94. The number of pyridine rings is 1. The summed E-state index contributed by atoms with van der Waals surface area (Å²) in [4.78, 5) is 53.3. The third-order valence-electron chi connectivity index (χ3n) is 7.43. The molecule has 3 aromatic heterocycles. The Morgan fingerprint density at radius 3 is 2.52 bits per heavy atom. The maximum atomic E-state index is 13.1. The first-order valence-electron chi connectivity index (χ1n) is 14.9. The van der Waals surface area contributed by atoms with E-state index < -0.39 is 29.3 Å². The lowest BCUT2D eigenvalue weighted by atomic mass is 10.1. The second-order valence-corrected chi connectivity index (χ2v) is 12.2. The Morgan fingerprint density at radius 1 is 1.10 bits per heavy atom. The number of nitrogen functional groups attached to an aromatic ring is 1. The number of fused-ring (bicyclic) bond motifs is 1. The number of nitrogens with zero attached hydrogens (tertiary/aromatic N) is 7. The summed E-state index contributed by atoms with van der Waals surface area (Å²) in [5, 5.41) is 7.69. The number of carbonyl (C=O) groups excluding carboxylic acids is 3. The van der Waals surface area contributed by atoms with Crippen molar-refractivity contribution in [2.24, 2.45) is 0 Å². The zero-order chi connectivity index (χ0) is 34.8. The van der Waals surface area contributed by atoms with Crippen molar-refractivity contribution < 1.29 is 32.3 Å². The van der Waals surface area contributed by atoms with Gasteiger partial charge in [-0.05, 0) is 51.5 Å². The summed E-state index contributed by atoms with van der Waals surface area (Å²) in [5.41, 5.74) is 6.41. The Labute approximate surface area is 273 Å². The van der Waals surface area contributed by atoms with E-state index in [1.165, 1.54) is 29.4 Å². The van der Waals surface area contributed by atoms with E-state index in [1.807, 2.05) is 0 Å². The monoisotopic (exact) mass is 665 g/mol. The summed E-state index contributed by atoms with van der Waals surface area (Å²) in [6.07, 6.45) is 0.864. The minimum absolute atomic E-state index is 0.182. The number of amides is 3. The van der Waals surface area contributed by atoms with Crippen LogP contribution in [0.4, 0.5) is 29.6 Å². The van der Waals surface area contributed by atoms with E-state index in [0.717, 1.165) is 18.3 Å². The summed E-state index contributed by atoms with van der Waals surface area (Å²) >= 11 is 0. The topological polar surface area (TPSA) is 161 Å². The first kappa shape index (κ1) is 33.8. The van der Waals surface area contributed by atoms with Gasteiger partial charge in [0.1, 0.15) is 29.3 Å². The minimum atomic E-state index is -4.58. The highest BCUT2D eigenvalue weighted by molar-refractivity contribution is 6.04. The number of aromatic nitrogens is 5. The van der Waals surface area contributed by atoms with Crippen LogP contribution in [0.1, 0.15) is 49.2 Å². The molecular formula is C32H34F3N9O4. The van der Waals surface area contributed by atoms with Crippen molar-refractivity contribution >= 4 is 40.6 Å². The Morgan fingerprint density at radius 2 is 1.83 bits per heavy atom. The van der Waals surface area contributed by atoms with Crippen LogP contribution in [-0.2, 0) is 15.7 Å². The third-order valence-corrected chi connectivity index (χ3v) is 7.43. The zero-order valence-electron chi connectivity index (χ0n) is 26.7. The van der Waals surface area contributed by atoms with Gasteiger partial charge in [0.2, 0.25) is 5.91 Å². The number of nitrogens with two attached hydrogens (primary N) is 1. The molecule has 0 bridgehead atoms. The first-order chi connectivity index (χ1) is 22.6. The number of nitrogens with one attached hydrogen (secondary N) is 1. The number of halogens is 3. The summed E-state index contributed by atoms with van der Waals surface area (Å²) in [5.74, 6) is -0.897. The van der Waals surface area contributed by atoms with Crippen molar-refractivity contribution in [1.29, 1.82) is 0 Å². The molecule has 252 valence electrons. The van der Waals surface area contributed by atoms with Gasteiger partial charge < -0.3 is 25.6 Å². The van der Waals surface area contributed by atoms with Gasteiger partial charge in [0.05, 0.1) is 17.0 Å². The van der Waals surface area contributed by atoms with E-state index in [1.54, 1.807) is 55.6 Å². The van der Waals surface area contributed by atoms with Gasteiger partial charge in [-0.15, -0.1) is 0 Å². The number of alkyl halides is 3. The van der Waals surface area contributed by atoms with Gasteiger partial charge in [-0.2, -0.15) is 18.3 Å². The lowest BCUT2D eigenvalue weighted by Crippen LogP contribution is -2.34. The van der Waals surface area contributed by atoms with Crippen LogP contribution in [0.15, 0.2) is 61.1 Å². The lowest BCUT2D eigenvalue weighted by Gasteiger charge is -2.23. The zero-order valence-corrected chi connectivity index (χ0v) is 26.7. The summed E-state index contributed by atoms with van der Waals surface area (Å²) in [7, 11) is 1.59. The number of anilines is 2. The van der Waals surface area contributed by atoms with E-state index in [9.17, 15) is 27.6 Å². The first-order valence-corrected chi connectivity index (χ1v) is 14.9. The molecular weight excluding hydrogens is 631 g/mol. The van der Waals surface area contributed by atoms with Crippen LogP contribution in [-0.4, -0.2) is 84.7 Å². The standard InChI is InChI=1S/C32H34F3N9O4/c1-31(2,3)48-30(47)42(4)14-5-6-24(45)43-15-12-22(17-43)44-28-25(27(36)38-18-39-28)26(41-44)19-7-9-20(10-8-19)29(46)40-23-16-21(11-13-37-23)32(33,34)35/h5-11,13,16,18,22H,12,14-15,17H2,1-4H3,(H2,36,38,39)(H,37,40,46)/b6-5+/t22-/m1/s1. The number of rotatable bonds is 7. The molecule has 0 saturated carbocycles. The molecule has 0 radical (unpaired) electrons. The molecule has 1 fully saturated rings. The highest BCUT2D eigenvalue weighted by atomic mass is 19.4. The van der Waals surface area contributed by atoms with Crippen LogP contribution < -0.4 is 11.1 Å². The molecule has 48 heavy (non-hydrogen) atoms. The van der Waals surface area contributed by atoms with Gasteiger partial charge >= 0.3 is 12.3 Å². The maximum Gasteiger partial charge on any atom is 0.416 e. The molecule has 13 nitrogen and oxygen atoms in total. The fraction of sp³-hybridized carbons (Fsp3) is 0.344. The van der Waals surface area contributed by atoms with Crippen molar-refractivity contribution in [2.75, 3.05) is 37.7 Å². The maximum absolute atomic E-state index is 13.1. The molecule has 3 N–H and O–H groups in total. The molecule has 4 heterocycles. The van der Waals surface area contributed by atoms with Gasteiger partial charge in [-0.25, -0.2) is 24.4 Å². The van der Waals surface area contributed by atoms with E-state index >= 15 is 0 Å². The number of hydrogen-bond donors (Lipinski definition) is 2. The van der Waals surface area contributed by atoms with Crippen LogP contribution >= 0.6 is 0 Å². The molecule has 1 aliphatic heterocycles. The normalized spacial score (nSPS) is 15.2. The average molecular weight is 666 g/mol. The molecule has 1 aromatic carbocycles. The van der Waals surface area contributed by atoms with Crippen LogP contribution in [0, 0.1) is 0 Å². The number of ether oxygens (including phenoxy) is 1. The van der Waals surface area contributed by atoms with E-state index in [2.05, 4.69) is 20.3 Å². The molecule has 0 spiro atoms. The number of likely N-dealkylation sites (N-methyl/N-ethyl adjacent to an activating group) is 1. The lowest BCUT2D eigenvalue weighted by molar-refractivity contribution is -0.137. The van der Waals surface area contributed by atoms with Crippen LogP contribution in [0.5, 0.6) is 0 Å². The van der Waals surface area contributed by atoms with Crippen molar-refractivity contribution in [2.45, 2.75) is 45.0 Å². The highest BCUT2D eigenvalue weighted by Crippen LogP contribution is 2.34. The molecule has 0 aliphatic carbocycles. The van der Waals surface area contributed by atoms with Gasteiger partial charge in [0.15, 0.2) is 5.65 Å². The van der Waals surface area contributed by atoms with Gasteiger partial charge in [0.25, 0.3) is 5.91 Å². The molecule has 5 rings (SSSR count). The summed E-state index contributed by atoms with van der Waals surface area (Å²) in [6.45, 7) is 6.35. The number of benzene rings is 1. The third kappa shape index (κ3) is 7.70. The number of hydrogen-bond acceptors (Lipinski definition) is 9. The van der Waals surface area contributed by atoms with E-state index in [4.69, 9.17) is 15.6 Å². The highest BCUT2D eigenvalue weighted by Gasteiger charge is 2.32. The van der Waals surface area contributed by atoms with E-state index in [-0.39, 0.29) is 35.7 Å². The Balaban J connectivity index is 1.29. The molecule has 4 aromatic rings. The minimum Gasteiger partial charge on any atom is -0.444 e. The predicted molar refractivity (Wildman–Crippen MR) is 171 cm³/mol. The van der Waals surface area contributed by atoms with Crippen molar-refractivity contribution in [3.63, 3.8) is 0 Å². The molecule has 1 saturated heterocycles. The fourth-order valence-electron chi connectivity index (χ4n) is 5.07. The summed E-state index contributed by atoms with van der Waals surface area (Å²) < 4.78 is 46.2. The Kier molecular flexibility index (Phi) is 9.36. The van der Waals surface area contributed by atoms with Crippen LogP contribution in [0.2, 0.25) is 0 Å². The van der Waals surface area contributed by atoms with Crippen molar-refractivity contribution in [3.8, 4) is 11.3 Å². The second-order valence-electron chi connectivity index (χ2n) is 12.2. The molecule has 1 atom stereocenters. The summed E-state index contributed by atoms with van der Waals surface area (Å²) in [6, 6.07) is 7.64. The molecule has 1 aliphatic rings. The Bertz CT molecular complexity index is 1870. The molecule has 0 unspecified atom stereocenters. The van der Waals surface area contributed by atoms with Gasteiger partial charge in [-0.3, -0.25) is 9.59 Å². The van der Waals surface area contributed by atoms with Crippen LogP contribution in [0.25, 0.3) is 22.3 Å². The molecule has 3 amide bonds. The largest absolute Gasteiger partial charge is 0.444 e. The quantitative estimate of drug-likeness (QED) is 0.261. The number of likely N-dealkylation sites (tertiary alicyclic amines) is 1. The van der Waals surface area contributed by atoms with Gasteiger partial charge in [0, 0.05) is 50.1 Å². The molecule has 16 heteroatoms. The number of carbonyl (C=O) groups is 3.